The maximum atomic E-state index is 6.15. The summed E-state index contributed by atoms with van der Waals surface area (Å²) < 4.78 is 6.15. The second kappa shape index (κ2) is 4.36. The van der Waals surface area contributed by atoms with E-state index in [-0.39, 0.29) is 5.60 Å². The highest BCUT2D eigenvalue weighted by Gasteiger charge is 2.54. The number of fused-ring (bicyclic) bond motifs is 4. The third-order valence-corrected chi connectivity index (χ3v) is 4.88. The molecule has 3 atom stereocenters. The summed E-state index contributed by atoms with van der Waals surface area (Å²) in [4.78, 5) is 11.4. The minimum atomic E-state index is -0.134. The Morgan fingerprint density at radius 3 is 2.95 bits per heavy atom. The molecule has 2 fully saturated rings. The fraction of sp³-hybridized carbons (Fsp3) is 0.467. The van der Waals surface area contributed by atoms with Gasteiger partial charge in [-0.05, 0) is 25.1 Å². The van der Waals surface area contributed by atoms with Gasteiger partial charge in [-0.2, -0.15) is 0 Å². The average molecular weight is 296 g/mol. The molecule has 0 amide bonds. The molecule has 1 aromatic carbocycles. The van der Waals surface area contributed by atoms with Gasteiger partial charge in [0, 0.05) is 19.0 Å². The van der Waals surface area contributed by atoms with Crippen molar-refractivity contribution < 1.29 is 4.74 Å². The lowest BCUT2D eigenvalue weighted by Crippen LogP contribution is -2.46. The zero-order valence-corrected chi connectivity index (χ0v) is 12.1. The number of anilines is 1. The summed E-state index contributed by atoms with van der Waals surface area (Å²) >= 11 is 0. The first-order valence-corrected chi connectivity index (χ1v) is 7.63. The van der Waals surface area contributed by atoms with E-state index in [2.05, 4.69) is 30.4 Å². The summed E-state index contributed by atoms with van der Waals surface area (Å²) in [7, 11) is 0. The van der Waals surface area contributed by atoms with Crippen molar-refractivity contribution >= 4 is 23.0 Å². The molecular formula is C15H16N6O. The lowest BCUT2D eigenvalue weighted by atomic mass is 9.88. The van der Waals surface area contributed by atoms with Crippen LogP contribution in [-0.4, -0.2) is 57.9 Å². The largest absolute Gasteiger partial charge is 0.455 e. The van der Waals surface area contributed by atoms with E-state index in [9.17, 15) is 0 Å². The predicted molar refractivity (Wildman–Crippen MR) is 81.6 cm³/mol. The number of hydrogen-bond donors (Lipinski definition) is 1. The van der Waals surface area contributed by atoms with Gasteiger partial charge >= 0.3 is 0 Å². The summed E-state index contributed by atoms with van der Waals surface area (Å²) in [5.41, 5.74) is 1.45. The van der Waals surface area contributed by atoms with Gasteiger partial charge in [-0.3, -0.25) is 10.2 Å². The minimum absolute atomic E-state index is 0.134. The molecule has 1 unspecified atom stereocenters. The monoisotopic (exact) mass is 296 g/mol. The Morgan fingerprint density at radius 1 is 1.23 bits per heavy atom. The van der Waals surface area contributed by atoms with Crippen LogP contribution >= 0.6 is 0 Å². The zero-order chi connectivity index (χ0) is 14.6. The second-order valence-corrected chi connectivity index (χ2v) is 6.26. The van der Waals surface area contributed by atoms with Crippen LogP contribution in [0.1, 0.15) is 6.42 Å². The van der Waals surface area contributed by atoms with Crippen LogP contribution in [0.2, 0.25) is 0 Å². The number of ether oxygens (including phenoxy) is 1. The molecule has 7 nitrogen and oxygen atoms in total. The molecule has 4 heterocycles. The number of aliphatic imine (C=N–C) groups is 1. The number of nitrogens with zero attached hydrogens (tertiary/aromatic N) is 5. The molecule has 112 valence electrons. The topological polar surface area (TPSA) is 75.5 Å². The number of rotatable bonds is 1. The lowest BCUT2D eigenvalue weighted by Gasteiger charge is -2.31. The van der Waals surface area contributed by atoms with Gasteiger partial charge in [0.25, 0.3) is 12.0 Å². The Kier molecular flexibility index (Phi) is 2.43. The van der Waals surface area contributed by atoms with E-state index < -0.39 is 0 Å². The Labute approximate surface area is 127 Å². The van der Waals surface area contributed by atoms with Crippen molar-refractivity contribution in [1.29, 1.82) is 0 Å². The number of piperidine rings is 1. The van der Waals surface area contributed by atoms with Crippen LogP contribution in [0.4, 0.5) is 5.95 Å². The van der Waals surface area contributed by atoms with Gasteiger partial charge in [0.2, 0.25) is 0 Å². The van der Waals surface area contributed by atoms with Gasteiger partial charge in [-0.15, -0.1) is 10.2 Å². The summed E-state index contributed by atoms with van der Waals surface area (Å²) in [6, 6.07) is 8.18. The highest BCUT2D eigenvalue weighted by atomic mass is 16.5. The molecule has 2 aromatic rings. The van der Waals surface area contributed by atoms with E-state index in [4.69, 9.17) is 4.74 Å². The van der Waals surface area contributed by atoms with Crippen LogP contribution in [-0.2, 0) is 4.74 Å². The Bertz CT molecular complexity index is 777. The van der Waals surface area contributed by atoms with Crippen molar-refractivity contribution in [3.8, 4) is 0 Å². The van der Waals surface area contributed by atoms with Crippen molar-refractivity contribution in [3.05, 3.63) is 24.3 Å². The molecule has 22 heavy (non-hydrogen) atoms. The number of benzene rings is 1. The predicted octanol–water partition coefficient (Wildman–Crippen LogP) is 0.897. The quantitative estimate of drug-likeness (QED) is 0.842. The van der Waals surface area contributed by atoms with E-state index in [0.717, 1.165) is 30.7 Å². The Hall–Kier alpha value is -2.28. The molecule has 5 rings (SSSR count). The summed E-state index contributed by atoms with van der Waals surface area (Å²) in [5, 5.41) is 11.3. The summed E-state index contributed by atoms with van der Waals surface area (Å²) in [5.74, 6) is 1.02. The van der Waals surface area contributed by atoms with E-state index in [1.165, 1.54) is 13.0 Å². The first-order valence-electron chi connectivity index (χ1n) is 7.63. The smallest absolute Gasteiger partial charge is 0.292 e. The van der Waals surface area contributed by atoms with Crippen molar-refractivity contribution in [2.75, 3.05) is 31.5 Å². The molecule has 3 aliphatic rings. The van der Waals surface area contributed by atoms with E-state index in [1.54, 1.807) is 0 Å². The third kappa shape index (κ3) is 1.78. The van der Waals surface area contributed by atoms with Gasteiger partial charge in [0.15, 0.2) is 0 Å². The molecule has 1 N–H and O–H groups in total. The molecule has 2 saturated heterocycles. The average Bonchev–Trinajstić information content (AvgIpc) is 3.24. The molecule has 1 aromatic heterocycles. The normalized spacial score (nSPS) is 32.5. The van der Waals surface area contributed by atoms with Crippen molar-refractivity contribution in [1.82, 2.24) is 20.1 Å². The molecule has 2 bridgehead atoms. The molecule has 7 heteroatoms. The molecule has 0 saturated carbocycles. The summed E-state index contributed by atoms with van der Waals surface area (Å²) in [6.07, 6.45) is 1.21. The molecule has 3 aliphatic heterocycles. The first kappa shape index (κ1) is 12.3. The fourth-order valence-corrected chi connectivity index (χ4v) is 3.77. The minimum Gasteiger partial charge on any atom is -0.455 e. The fourth-order valence-electron chi connectivity index (χ4n) is 3.77. The van der Waals surface area contributed by atoms with Crippen LogP contribution in [0.15, 0.2) is 29.3 Å². The molecule has 1 spiro atoms. The highest BCUT2D eigenvalue weighted by molar-refractivity contribution is 5.89. The standard InChI is InChI=1S/C15H16N6O/c1-2-4-12-11(3-1)17-13(20-19-12)18-14-16-8-15(22-14)9-21-6-5-10(15)7-21/h1-4,10H,5-9H2,(H,16,17,18,20)/t10-,15-/m0/s1. The van der Waals surface area contributed by atoms with Gasteiger partial charge in [0.1, 0.15) is 11.1 Å². The van der Waals surface area contributed by atoms with Crippen LogP contribution < -0.4 is 5.32 Å². The van der Waals surface area contributed by atoms with E-state index >= 15 is 0 Å². The van der Waals surface area contributed by atoms with E-state index in [0.29, 0.717) is 17.9 Å². The van der Waals surface area contributed by atoms with E-state index in [1.807, 2.05) is 24.3 Å². The molecule has 0 radical (unpaired) electrons. The highest BCUT2D eigenvalue weighted by Crippen LogP contribution is 2.41. The molecular weight excluding hydrogens is 280 g/mol. The van der Waals surface area contributed by atoms with Crippen LogP contribution in [0.25, 0.3) is 11.0 Å². The van der Waals surface area contributed by atoms with Crippen LogP contribution in [0.5, 0.6) is 0 Å². The van der Waals surface area contributed by atoms with Crippen LogP contribution in [0.3, 0.4) is 0 Å². The van der Waals surface area contributed by atoms with Crippen molar-refractivity contribution in [3.63, 3.8) is 0 Å². The van der Waals surface area contributed by atoms with Gasteiger partial charge in [-0.1, -0.05) is 12.1 Å². The number of aromatic nitrogens is 3. The van der Waals surface area contributed by atoms with Crippen molar-refractivity contribution in [2.24, 2.45) is 10.9 Å². The lowest BCUT2D eigenvalue weighted by molar-refractivity contribution is 0.0363. The number of amidine groups is 1. The van der Waals surface area contributed by atoms with Gasteiger partial charge in [-0.25, -0.2) is 9.98 Å². The maximum absolute atomic E-state index is 6.15. The van der Waals surface area contributed by atoms with Crippen LogP contribution in [0, 0.1) is 5.92 Å². The first-order chi connectivity index (χ1) is 10.8. The van der Waals surface area contributed by atoms with Gasteiger partial charge in [0.05, 0.1) is 12.1 Å². The zero-order valence-electron chi connectivity index (χ0n) is 12.1. The molecule has 0 aliphatic carbocycles. The number of hydrogen-bond acceptors (Lipinski definition) is 7. The van der Waals surface area contributed by atoms with Gasteiger partial charge < -0.3 is 4.74 Å². The van der Waals surface area contributed by atoms with Crippen molar-refractivity contribution in [2.45, 2.75) is 12.0 Å². The number of nitrogens with one attached hydrogen (secondary N) is 1. The second-order valence-electron chi connectivity index (χ2n) is 6.26. The number of para-hydroxylation sites is 1. The third-order valence-electron chi connectivity index (χ3n) is 4.88. The maximum Gasteiger partial charge on any atom is 0.292 e. The SMILES string of the molecule is c1ccc2nc(NC3=NC[C@@]4(CN5CC[C@H]4C5)O3)nnc2c1. The Balaban J connectivity index is 1.36. The summed E-state index contributed by atoms with van der Waals surface area (Å²) in [6.45, 7) is 4.02. The Morgan fingerprint density at radius 2 is 2.14 bits per heavy atom.